The van der Waals surface area contributed by atoms with Crippen LogP contribution < -0.4 is 5.73 Å². The van der Waals surface area contributed by atoms with Crippen LogP contribution in [0.15, 0.2) is 33.0 Å². The molecule has 16 heavy (non-hydrogen) atoms. The summed E-state index contributed by atoms with van der Waals surface area (Å²) in [4.78, 5) is 4.25. The van der Waals surface area contributed by atoms with Gasteiger partial charge in [0.1, 0.15) is 5.84 Å². The van der Waals surface area contributed by atoms with Gasteiger partial charge in [-0.05, 0) is 46.7 Å². The Balaban J connectivity index is 2.14. The van der Waals surface area contributed by atoms with E-state index in [0.717, 1.165) is 28.1 Å². The van der Waals surface area contributed by atoms with Crippen molar-refractivity contribution in [3.8, 4) is 0 Å². The molecular weight excluding hydrogens is 290 g/mol. The number of nitrogens with two attached hydrogens (primary N) is 1. The van der Waals surface area contributed by atoms with Gasteiger partial charge in [0.15, 0.2) is 0 Å². The van der Waals surface area contributed by atoms with Crippen molar-refractivity contribution in [2.45, 2.75) is 24.3 Å². The number of hydrogen-bond acceptors (Lipinski definition) is 4. The maximum absolute atomic E-state index is 8.34. The highest BCUT2D eigenvalue weighted by atomic mass is 79.9. The highest BCUT2D eigenvalue weighted by molar-refractivity contribution is 9.10. The van der Waals surface area contributed by atoms with Gasteiger partial charge in [-0.3, -0.25) is 0 Å². The molecule has 6 heteroatoms. The van der Waals surface area contributed by atoms with Crippen molar-refractivity contribution >= 4 is 33.5 Å². The van der Waals surface area contributed by atoms with Crippen LogP contribution in [0.5, 0.6) is 0 Å². The molecule has 0 aromatic carbocycles. The number of hydrogen-bond donors (Lipinski definition) is 2. The van der Waals surface area contributed by atoms with Gasteiger partial charge in [-0.25, -0.2) is 4.98 Å². The van der Waals surface area contributed by atoms with E-state index in [4.69, 9.17) is 10.9 Å². The van der Waals surface area contributed by atoms with Crippen LogP contribution in [0.2, 0.25) is 0 Å². The second-order valence-electron chi connectivity index (χ2n) is 3.21. The Morgan fingerprint density at radius 1 is 1.50 bits per heavy atom. The van der Waals surface area contributed by atoms with Gasteiger partial charge in [0.05, 0.1) is 5.03 Å². The fourth-order valence-electron chi connectivity index (χ4n) is 1.08. The van der Waals surface area contributed by atoms with Crippen LogP contribution in [-0.4, -0.2) is 21.8 Å². The van der Waals surface area contributed by atoms with E-state index in [2.05, 4.69) is 26.1 Å². The van der Waals surface area contributed by atoms with Gasteiger partial charge < -0.3 is 10.9 Å². The summed E-state index contributed by atoms with van der Waals surface area (Å²) in [6, 6.07) is 3.96. The molecule has 0 atom stereocenters. The van der Waals surface area contributed by atoms with E-state index in [9.17, 15) is 0 Å². The molecule has 0 bridgehead atoms. The van der Waals surface area contributed by atoms with Gasteiger partial charge in [0, 0.05) is 17.1 Å². The zero-order valence-electron chi connectivity index (χ0n) is 8.77. The Labute approximate surface area is 107 Å². The van der Waals surface area contributed by atoms with Crippen LogP contribution in [0.1, 0.15) is 19.3 Å². The number of rotatable bonds is 6. The maximum atomic E-state index is 8.34. The van der Waals surface area contributed by atoms with Crippen molar-refractivity contribution in [1.29, 1.82) is 0 Å². The van der Waals surface area contributed by atoms with Gasteiger partial charge in [0.2, 0.25) is 0 Å². The third kappa shape index (κ3) is 5.37. The van der Waals surface area contributed by atoms with Crippen LogP contribution in [-0.2, 0) is 0 Å². The molecular formula is C10H14BrN3OS. The van der Waals surface area contributed by atoms with Crippen molar-refractivity contribution in [3.63, 3.8) is 0 Å². The molecule has 1 rings (SSSR count). The van der Waals surface area contributed by atoms with Crippen LogP contribution in [0.25, 0.3) is 0 Å². The second kappa shape index (κ2) is 7.51. The number of aromatic nitrogens is 1. The van der Waals surface area contributed by atoms with Crippen molar-refractivity contribution in [2.24, 2.45) is 10.9 Å². The van der Waals surface area contributed by atoms with E-state index in [1.165, 1.54) is 0 Å². The van der Waals surface area contributed by atoms with Gasteiger partial charge in [0.25, 0.3) is 0 Å². The monoisotopic (exact) mass is 303 g/mol. The molecule has 1 aromatic rings. The second-order valence-corrected chi connectivity index (χ2v) is 5.24. The Bertz CT molecular complexity index is 342. The fourth-order valence-corrected chi connectivity index (χ4v) is 2.17. The van der Waals surface area contributed by atoms with E-state index in [1.54, 1.807) is 18.0 Å². The highest BCUT2D eigenvalue weighted by Gasteiger charge is 1.97. The lowest BCUT2D eigenvalue weighted by Crippen LogP contribution is -2.10. The Kier molecular flexibility index (Phi) is 6.25. The normalized spacial score (nSPS) is 11.7. The van der Waals surface area contributed by atoms with Crippen molar-refractivity contribution in [1.82, 2.24) is 4.98 Å². The molecule has 0 saturated carbocycles. The first-order valence-corrected chi connectivity index (χ1v) is 6.71. The summed E-state index contributed by atoms with van der Waals surface area (Å²) in [7, 11) is 0. The van der Waals surface area contributed by atoms with Gasteiger partial charge >= 0.3 is 0 Å². The van der Waals surface area contributed by atoms with E-state index in [-0.39, 0.29) is 0 Å². The molecule has 0 aliphatic rings. The van der Waals surface area contributed by atoms with Crippen molar-refractivity contribution in [2.75, 3.05) is 5.75 Å². The molecule has 0 aliphatic carbocycles. The number of oxime groups is 1. The van der Waals surface area contributed by atoms with Crippen LogP contribution >= 0.6 is 27.7 Å². The highest BCUT2D eigenvalue weighted by Crippen LogP contribution is 2.18. The third-order valence-corrected chi connectivity index (χ3v) is 3.41. The summed E-state index contributed by atoms with van der Waals surface area (Å²) in [5.74, 6) is 1.29. The van der Waals surface area contributed by atoms with Crippen molar-refractivity contribution < 1.29 is 5.21 Å². The first-order chi connectivity index (χ1) is 7.72. The molecule has 0 radical (unpaired) electrons. The zero-order chi connectivity index (χ0) is 11.8. The zero-order valence-corrected chi connectivity index (χ0v) is 11.2. The van der Waals surface area contributed by atoms with Gasteiger partial charge in [-0.2, -0.15) is 0 Å². The fraction of sp³-hybridized carbons (Fsp3) is 0.400. The maximum Gasteiger partial charge on any atom is 0.139 e. The lowest BCUT2D eigenvalue weighted by Gasteiger charge is -2.01. The Hall–Kier alpha value is -0.750. The number of thioether (sulfide) groups is 1. The molecule has 0 aliphatic heterocycles. The average Bonchev–Trinajstić information content (AvgIpc) is 2.31. The molecule has 0 spiro atoms. The summed E-state index contributed by atoms with van der Waals surface area (Å²) < 4.78 is 0.990. The topological polar surface area (TPSA) is 71.5 Å². The minimum atomic E-state index is 0.298. The van der Waals surface area contributed by atoms with Crippen LogP contribution in [0.3, 0.4) is 0 Å². The van der Waals surface area contributed by atoms with E-state index >= 15 is 0 Å². The number of halogens is 1. The minimum Gasteiger partial charge on any atom is -0.409 e. The number of nitrogens with zero attached hydrogens (tertiary/aromatic N) is 2. The van der Waals surface area contributed by atoms with Crippen LogP contribution in [0, 0.1) is 0 Å². The molecule has 0 unspecified atom stereocenters. The summed E-state index contributed by atoms with van der Waals surface area (Å²) in [6.45, 7) is 0. The minimum absolute atomic E-state index is 0.298. The Morgan fingerprint density at radius 2 is 2.31 bits per heavy atom. The molecule has 1 heterocycles. The third-order valence-electron chi connectivity index (χ3n) is 1.91. The predicted octanol–water partition coefficient (Wildman–Crippen LogP) is 2.85. The molecule has 0 saturated heterocycles. The summed E-state index contributed by atoms with van der Waals surface area (Å²) in [5, 5.41) is 12.3. The standard InChI is InChI=1S/C10H14BrN3OS/c11-8-4-5-10(13-7-8)16-6-2-1-3-9(12)14-15/h4-5,7,15H,1-3,6H2,(H2,12,14). The average molecular weight is 304 g/mol. The van der Waals surface area contributed by atoms with Gasteiger partial charge in [-0.15, -0.1) is 11.8 Å². The molecule has 88 valence electrons. The van der Waals surface area contributed by atoms with E-state index in [0.29, 0.717) is 12.3 Å². The summed E-state index contributed by atoms with van der Waals surface area (Å²) in [6.07, 6.45) is 4.39. The molecule has 4 nitrogen and oxygen atoms in total. The smallest absolute Gasteiger partial charge is 0.139 e. The predicted molar refractivity (Wildman–Crippen MR) is 69.9 cm³/mol. The number of amidine groups is 1. The molecule has 0 fully saturated rings. The van der Waals surface area contributed by atoms with E-state index < -0.39 is 0 Å². The van der Waals surface area contributed by atoms with Gasteiger partial charge in [-0.1, -0.05) is 5.16 Å². The first kappa shape index (κ1) is 13.3. The summed E-state index contributed by atoms with van der Waals surface area (Å²) >= 11 is 5.05. The molecule has 1 aromatic heterocycles. The molecule has 3 N–H and O–H groups in total. The quantitative estimate of drug-likeness (QED) is 0.212. The first-order valence-electron chi connectivity index (χ1n) is 4.93. The number of pyridine rings is 1. The van der Waals surface area contributed by atoms with Crippen LogP contribution in [0.4, 0.5) is 0 Å². The summed E-state index contributed by atoms with van der Waals surface area (Å²) in [5.41, 5.74) is 5.36. The largest absolute Gasteiger partial charge is 0.409 e. The Morgan fingerprint density at radius 3 is 2.94 bits per heavy atom. The SMILES string of the molecule is NC(CCCCSc1ccc(Br)cn1)=NO. The van der Waals surface area contributed by atoms with Crippen molar-refractivity contribution in [3.05, 3.63) is 22.8 Å². The lowest BCUT2D eigenvalue weighted by atomic mass is 10.2. The molecule has 0 amide bonds. The lowest BCUT2D eigenvalue weighted by molar-refractivity contribution is 0.316. The number of unbranched alkanes of at least 4 members (excludes halogenated alkanes) is 1. The van der Waals surface area contributed by atoms with E-state index in [1.807, 2.05) is 12.1 Å².